The zero-order valence-electron chi connectivity index (χ0n) is 20.1. The van der Waals surface area contributed by atoms with Crippen molar-refractivity contribution in [3.8, 4) is 0 Å². The van der Waals surface area contributed by atoms with E-state index in [4.69, 9.17) is 0 Å². The van der Waals surface area contributed by atoms with Gasteiger partial charge in [0.05, 0.1) is 0 Å². The van der Waals surface area contributed by atoms with Crippen molar-refractivity contribution in [2.75, 3.05) is 0 Å². The van der Waals surface area contributed by atoms with E-state index in [1.54, 1.807) is 10.4 Å². The van der Waals surface area contributed by atoms with E-state index in [9.17, 15) is 0 Å². The first kappa shape index (κ1) is 27.9. The Hall–Kier alpha value is -1.71. The largest absolute Gasteiger partial charge is 4.00 e. The summed E-state index contributed by atoms with van der Waals surface area (Å²) in [5, 5.41) is 14.4. The van der Waals surface area contributed by atoms with E-state index in [1.807, 2.05) is 0 Å². The third-order valence-electron chi connectivity index (χ3n) is 7.53. The Bertz CT molecular complexity index is 1480. The SMILES string of the molecule is CCCC[Si](C)(c1cccc2c1[cH-]c1ccccc12)c1cccc2c1[cH-]c1ccccc12.[Cl-].[Cl-].[Hf+4]. The predicted octanol–water partition coefficient (Wildman–Crippen LogP) is 1.74. The van der Waals surface area contributed by atoms with Gasteiger partial charge in [-0.05, 0) is 0 Å². The molecule has 6 aromatic rings. The minimum atomic E-state index is -1.98. The van der Waals surface area contributed by atoms with Crippen LogP contribution in [0.3, 0.4) is 0 Å². The molecule has 6 aromatic carbocycles. The van der Waals surface area contributed by atoms with Crippen LogP contribution in [0.15, 0.2) is 97.1 Å². The number of hydrogen-bond acceptors (Lipinski definition) is 0. The van der Waals surface area contributed by atoms with Gasteiger partial charge in [-0.2, -0.15) is 0 Å². The van der Waals surface area contributed by atoms with Crippen molar-refractivity contribution in [1.29, 1.82) is 0 Å². The fraction of sp³-hybridized carbons (Fsp3) is 0.161. The van der Waals surface area contributed by atoms with Gasteiger partial charge in [0.2, 0.25) is 0 Å². The Morgan fingerprint density at radius 2 is 1.03 bits per heavy atom. The van der Waals surface area contributed by atoms with Crippen molar-refractivity contribution >= 4 is 61.5 Å². The summed E-state index contributed by atoms with van der Waals surface area (Å²) in [6.45, 7) is 4.94. The Morgan fingerprint density at radius 3 is 1.49 bits per heavy atom. The fourth-order valence-electron chi connectivity index (χ4n) is 5.87. The number of unbranched alkanes of at least 4 members (excludes halogenated alkanes) is 1. The number of hydrogen-bond donors (Lipinski definition) is 0. The monoisotopic (exact) mass is 678 g/mol. The number of fused-ring (bicyclic) bond motifs is 6. The van der Waals surface area contributed by atoms with E-state index in [1.165, 1.54) is 62.0 Å². The summed E-state index contributed by atoms with van der Waals surface area (Å²) in [4.78, 5) is 0. The van der Waals surface area contributed by atoms with Gasteiger partial charge in [-0.3, -0.25) is 0 Å². The molecule has 0 spiro atoms. The molecule has 0 atom stereocenters. The second-order valence-corrected chi connectivity index (χ2v) is 13.7. The van der Waals surface area contributed by atoms with E-state index in [0.717, 1.165) is 0 Å². The van der Waals surface area contributed by atoms with Crippen LogP contribution in [0.4, 0.5) is 0 Å². The molecule has 174 valence electrons. The van der Waals surface area contributed by atoms with Gasteiger partial charge in [0.15, 0.2) is 0 Å². The molecule has 0 amide bonds. The van der Waals surface area contributed by atoms with Crippen molar-refractivity contribution in [2.45, 2.75) is 32.4 Å². The second kappa shape index (κ2) is 11.1. The second-order valence-electron chi connectivity index (χ2n) is 9.43. The van der Waals surface area contributed by atoms with Gasteiger partial charge in [-0.15, -0.1) is 77.7 Å². The maximum Gasteiger partial charge on any atom is 4.00 e. The molecule has 0 saturated carbocycles. The maximum absolute atomic E-state index is 2.61. The average molecular weight is 678 g/mol. The van der Waals surface area contributed by atoms with Crippen molar-refractivity contribution < 1.29 is 50.7 Å². The Kier molecular flexibility index (Phi) is 8.86. The van der Waals surface area contributed by atoms with Crippen molar-refractivity contribution in [2.24, 2.45) is 0 Å². The molecule has 6 rings (SSSR count). The molecular weight excluding hydrogens is 650 g/mol. The van der Waals surface area contributed by atoms with Crippen LogP contribution in [-0.4, -0.2) is 8.07 Å². The molecule has 0 nitrogen and oxygen atoms in total. The van der Waals surface area contributed by atoms with Gasteiger partial charge in [0, 0.05) is 8.07 Å². The normalized spacial score (nSPS) is 11.4. The Balaban J connectivity index is 0.00000114. The van der Waals surface area contributed by atoms with Crippen LogP contribution in [0.1, 0.15) is 19.8 Å². The first-order valence-corrected chi connectivity index (χ1v) is 14.6. The molecular formula is C31H28Cl2HfSi. The molecule has 35 heavy (non-hydrogen) atoms. The summed E-state index contributed by atoms with van der Waals surface area (Å²) in [5.74, 6) is 0. The van der Waals surface area contributed by atoms with E-state index in [2.05, 4.69) is 111 Å². The van der Waals surface area contributed by atoms with Crippen LogP contribution in [0.2, 0.25) is 12.6 Å². The standard InChI is InChI=1S/C31H28Si.2ClH.Hf/c1-3-4-19-32(2,30-17-9-15-26-24-13-7-5-11-22(24)20-28(26)30)31-18-10-16-27-25-14-8-6-12-23(25)21-29(27)31;;;/h5-18,20-21H,3-4,19H2,1-2H3;2*1H;/q-2;;;+4/p-2. The summed E-state index contributed by atoms with van der Waals surface area (Å²) in [7, 11) is -1.98. The number of benzene rings is 4. The Labute approximate surface area is 240 Å². The quantitative estimate of drug-likeness (QED) is 0.193. The summed E-state index contributed by atoms with van der Waals surface area (Å²) in [5.41, 5.74) is 0. The molecule has 0 unspecified atom stereocenters. The minimum Gasteiger partial charge on any atom is -1.00 e. The first-order chi connectivity index (χ1) is 15.7. The topological polar surface area (TPSA) is 0 Å². The fourth-order valence-corrected chi connectivity index (χ4v) is 10.3. The Morgan fingerprint density at radius 1 is 0.600 bits per heavy atom. The van der Waals surface area contributed by atoms with Crippen molar-refractivity contribution in [1.82, 2.24) is 0 Å². The number of rotatable bonds is 5. The van der Waals surface area contributed by atoms with Gasteiger partial charge >= 0.3 is 25.8 Å². The van der Waals surface area contributed by atoms with Crippen LogP contribution in [0, 0.1) is 0 Å². The van der Waals surface area contributed by atoms with E-state index in [0.29, 0.717) is 0 Å². The third-order valence-corrected chi connectivity index (χ3v) is 12.1. The molecule has 0 aliphatic rings. The zero-order chi connectivity index (χ0) is 21.7. The summed E-state index contributed by atoms with van der Waals surface area (Å²) < 4.78 is 0. The van der Waals surface area contributed by atoms with Gasteiger partial charge in [0.25, 0.3) is 0 Å². The van der Waals surface area contributed by atoms with Gasteiger partial charge in [0.1, 0.15) is 0 Å². The summed E-state index contributed by atoms with van der Waals surface area (Å²) in [6.07, 6.45) is 2.51. The molecule has 0 fully saturated rings. The van der Waals surface area contributed by atoms with Gasteiger partial charge in [-0.25, -0.2) is 0 Å². The summed E-state index contributed by atoms with van der Waals surface area (Å²) >= 11 is 0. The molecule has 0 aliphatic heterocycles. The van der Waals surface area contributed by atoms with E-state index >= 15 is 0 Å². The first-order valence-electron chi connectivity index (χ1n) is 11.9. The van der Waals surface area contributed by atoms with Crippen molar-refractivity contribution in [3.05, 3.63) is 97.1 Å². The molecule has 0 bridgehead atoms. The van der Waals surface area contributed by atoms with E-state index in [-0.39, 0.29) is 50.7 Å². The molecule has 0 heterocycles. The third kappa shape index (κ3) is 4.48. The molecule has 0 saturated heterocycles. The maximum atomic E-state index is 2.61. The number of halogens is 2. The molecule has 0 aromatic heterocycles. The van der Waals surface area contributed by atoms with Crippen molar-refractivity contribution in [3.63, 3.8) is 0 Å². The van der Waals surface area contributed by atoms with Gasteiger partial charge < -0.3 is 24.8 Å². The minimum absolute atomic E-state index is 0. The molecule has 4 heteroatoms. The molecule has 0 N–H and O–H groups in total. The smallest absolute Gasteiger partial charge is 1.00 e. The molecule has 0 aliphatic carbocycles. The average Bonchev–Trinajstić information content (AvgIpc) is 3.40. The van der Waals surface area contributed by atoms with Crippen LogP contribution in [-0.2, 0) is 25.8 Å². The van der Waals surface area contributed by atoms with E-state index < -0.39 is 8.07 Å². The van der Waals surface area contributed by atoms with Crippen LogP contribution in [0.25, 0.3) is 43.1 Å². The summed E-state index contributed by atoms with van der Waals surface area (Å²) in [6, 6.07) is 38.0. The van der Waals surface area contributed by atoms with Crippen LogP contribution < -0.4 is 35.2 Å². The predicted molar refractivity (Wildman–Crippen MR) is 145 cm³/mol. The van der Waals surface area contributed by atoms with Crippen LogP contribution in [0.5, 0.6) is 0 Å². The van der Waals surface area contributed by atoms with Gasteiger partial charge in [-0.1, -0.05) is 105 Å². The molecule has 0 radical (unpaired) electrons. The van der Waals surface area contributed by atoms with Crippen LogP contribution >= 0.6 is 0 Å². The zero-order valence-corrected chi connectivity index (χ0v) is 26.2.